The zero-order valence-corrected chi connectivity index (χ0v) is 12.1. The maximum atomic E-state index is 10.3. The van der Waals surface area contributed by atoms with E-state index in [9.17, 15) is 5.11 Å². The molecule has 0 saturated heterocycles. The molecule has 3 N–H and O–H groups in total. The summed E-state index contributed by atoms with van der Waals surface area (Å²) < 4.78 is 15.9. The van der Waals surface area contributed by atoms with Crippen LogP contribution in [0.5, 0.6) is 0 Å². The number of rotatable bonds is 7. The molecule has 0 aliphatic rings. The van der Waals surface area contributed by atoms with Crippen LogP contribution in [0.15, 0.2) is 30.3 Å². The van der Waals surface area contributed by atoms with Gasteiger partial charge in [0.2, 0.25) is 0 Å². The van der Waals surface area contributed by atoms with Crippen molar-refractivity contribution >= 4 is 8.80 Å². The molecular weight excluding hydrogens is 250 g/mol. The fourth-order valence-corrected chi connectivity index (χ4v) is 3.57. The summed E-state index contributed by atoms with van der Waals surface area (Å²) >= 11 is 0. The molecular formula is C12H21NO4Si. The van der Waals surface area contributed by atoms with E-state index < -0.39 is 14.5 Å². The summed E-state index contributed by atoms with van der Waals surface area (Å²) in [7, 11) is 1.92. The van der Waals surface area contributed by atoms with Crippen molar-refractivity contribution in [3.8, 4) is 0 Å². The highest BCUT2D eigenvalue weighted by Gasteiger charge is 2.40. The molecule has 1 atom stereocenters. The Morgan fingerprint density at radius 1 is 1.11 bits per heavy atom. The second kappa shape index (κ2) is 6.42. The highest BCUT2D eigenvalue weighted by Crippen LogP contribution is 2.25. The van der Waals surface area contributed by atoms with Gasteiger partial charge in [-0.05, 0) is 12.0 Å². The Morgan fingerprint density at radius 3 is 2.06 bits per heavy atom. The summed E-state index contributed by atoms with van der Waals surface area (Å²) in [5, 5.41) is 10.3. The van der Waals surface area contributed by atoms with Gasteiger partial charge in [0.1, 0.15) is 5.72 Å². The minimum absolute atomic E-state index is 0.304. The number of nitrogens with two attached hydrogens (primary N) is 1. The van der Waals surface area contributed by atoms with Crippen LogP contribution in [0.4, 0.5) is 0 Å². The van der Waals surface area contributed by atoms with E-state index in [2.05, 4.69) is 0 Å². The molecule has 0 heterocycles. The summed E-state index contributed by atoms with van der Waals surface area (Å²) in [6.45, 7) is 0. The van der Waals surface area contributed by atoms with Gasteiger partial charge >= 0.3 is 8.80 Å². The first kappa shape index (κ1) is 15.3. The van der Waals surface area contributed by atoms with E-state index >= 15 is 0 Å². The molecule has 0 amide bonds. The molecule has 1 aromatic carbocycles. The fraction of sp³-hybridized carbons (Fsp3) is 0.500. The molecule has 0 aromatic heterocycles. The maximum Gasteiger partial charge on any atom is 0.500 e. The third kappa shape index (κ3) is 3.61. The first-order valence-corrected chi connectivity index (χ1v) is 7.65. The summed E-state index contributed by atoms with van der Waals surface area (Å²) in [6, 6.07) is 9.56. The van der Waals surface area contributed by atoms with Crippen LogP contribution in [0, 0.1) is 0 Å². The molecule has 18 heavy (non-hydrogen) atoms. The molecule has 102 valence electrons. The van der Waals surface area contributed by atoms with Crippen LogP contribution < -0.4 is 5.73 Å². The van der Waals surface area contributed by atoms with Gasteiger partial charge in [-0.3, -0.25) is 5.73 Å². The van der Waals surface area contributed by atoms with Gasteiger partial charge in [-0.25, -0.2) is 0 Å². The zero-order chi connectivity index (χ0) is 13.6. The smallest absolute Gasteiger partial charge is 0.377 e. The molecule has 5 nitrogen and oxygen atoms in total. The zero-order valence-electron chi connectivity index (χ0n) is 11.1. The van der Waals surface area contributed by atoms with Crippen molar-refractivity contribution in [1.29, 1.82) is 0 Å². The van der Waals surface area contributed by atoms with Gasteiger partial charge < -0.3 is 18.4 Å². The van der Waals surface area contributed by atoms with E-state index in [1.54, 1.807) is 12.1 Å². The van der Waals surface area contributed by atoms with Crippen molar-refractivity contribution in [3.63, 3.8) is 0 Å². The van der Waals surface area contributed by atoms with Crippen LogP contribution in [-0.4, -0.2) is 35.2 Å². The Hall–Kier alpha value is -0.763. The largest absolute Gasteiger partial charge is 0.500 e. The van der Waals surface area contributed by atoms with E-state index in [1.807, 2.05) is 18.2 Å². The summed E-state index contributed by atoms with van der Waals surface area (Å²) in [6.07, 6.45) is 0.304. The number of hydrogen-bond donors (Lipinski definition) is 2. The van der Waals surface area contributed by atoms with Crippen molar-refractivity contribution < 1.29 is 18.4 Å². The van der Waals surface area contributed by atoms with Gasteiger partial charge in [0, 0.05) is 27.4 Å². The summed E-state index contributed by atoms with van der Waals surface area (Å²) in [4.78, 5) is 0. The Kier molecular flexibility index (Phi) is 5.45. The highest BCUT2D eigenvalue weighted by molar-refractivity contribution is 6.60. The summed E-state index contributed by atoms with van der Waals surface area (Å²) in [5.41, 5.74) is 5.18. The van der Waals surface area contributed by atoms with Crippen molar-refractivity contribution in [1.82, 2.24) is 0 Å². The van der Waals surface area contributed by atoms with E-state index in [1.165, 1.54) is 21.3 Å². The Labute approximate surface area is 109 Å². The van der Waals surface area contributed by atoms with E-state index in [-0.39, 0.29) is 0 Å². The maximum absolute atomic E-state index is 10.3. The predicted octanol–water partition coefficient (Wildman–Crippen LogP) is 1.06. The standard InChI is InChI=1S/C12H21NO4Si/c1-15-18(16-2,17-3)10-9-12(13,14)11-7-5-4-6-8-11/h4-8,14H,9-10,13H2,1-3H3. The molecule has 0 spiro atoms. The average molecular weight is 271 g/mol. The van der Waals surface area contributed by atoms with Gasteiger partial charge in [-0.1, -0.05) is 30.3 Å². The lowest BCUT2D eigenvalue weighted by molar-refractivity contribution is 0.0305. The molecule has 6 heteroatoms. The lowest BCUT2D eigenvalue weighted by Gasteiger charge is -2.29. The Balaban J connectivity index is 2.72. The van der Waals surface area contributed by atoms with E-state index in [4.69, 9.17) is 19.0 Å². The van der Waals surface area contributed by atoms with E-state index in [0.29, 0.717) is 18.0 Å². The van der Waals surface area contributed by atoms with Crippen LogP contribution >= 0.6 is 0 Å². The fourth-order valence-electron chi connectivity index (χ4n) is 1.77. The quantitative estimate of drug-likeness (QED) is 0.573. The second-order valence-electron chi connectivity index (χ2n) is 4.09. The van der Waals surface area contributed by atoms with Gasteiger partial charge in [-0.2, -0.15) is 0 Å². The minimum Gasteiger partial charge on any atom is -0.377 e. The third-order valence-corrected chi connectivity index (χ3v) is 5.75. The monoisotopic (exact) mass is 271 g/mol. The molecule has 1 unspecified atom stereocenters. The summed E-state index contributed by atoms with van der Waals surface area (Å²) in [5.74, 6) is 0. The SMILES string of the molecule is CO[Si](CCC(N)(O)c1ccccc1)(OC)OC. The number of benzene rings is 1. The normalized spacial score (nSPS) is 15.4. The lowest BCUT2D eigenvalue weighted by atomic mass is 10.0. The number of aliphatic hydroxyl groups is 1. The molecule has 1 rings (SSSR count). The molecule has 1 aromatic rings. The van der Waals surface area contributed by atoms with Crippen molar-refractivity contribution in [2.24, 2.45) is 5.73 Å². The molecule has 0 bridgehead atoms. The third-order valence-electron chi connectivity index (χ3n) is 3.02. The van der Waals surface area contributed by atoms with Crippen molar-refractivity contribution in [2.45, 2.75) is 18.2 Å². The van der Waals surface area contributed by atoms with E-state index in [0.717, 1.165) is 0 Å². The number of hydrogen-bond acceptors (Lipinski definition) is 5. The average Bonchev–Trinajstić information content (AvgIpc) is 2.42. The second-order valence-corrected chi connectivity index (χ2v) is 7.18. The molecule has 0 radical (unpaired) electrons. The van der Waals surface area contributed by atoms with Crippen LogP contribution in [0.25, 0.3) is 0 Å². The molecule has 0 fully saturated rings. The van der Waals surface area contributed by atoms with Gasteiger partial charge in [0.25, 0.3) is 0 Å². The van der Waals surface area contributed by atoms with Crippen LogP contribution in [0.2, 0.25) is 6.04 Å². The van der Waals surface area contributed by atoms with Crippen LogP contribution in [0.1, 0.15) is 12.0 Å². The first-order valence-electron chi connectivity index (χ1n) is 5.72. The highest BCUT2D eigenvalue weighted by atomic mass is 28.4. The van der Waals surface area contributed by atoms with Gasteiger partial charge in [0.05, 0.1) is 0 Å². The Bertz CT molecular complexity index is 346. The predicted molar refractivity (Wildman–Crippen MR) is 70.7 cm³/mol. The lowest BCUT2D eigenvalue weighted by Crippen LogP contribution is -2.46. The van der Waals surface area contributed by atoms with Gasteiger partial charge in [-0.15, -0.1) is 0 Å². The van der Waals surface area contributed by atoms with Crippen LogP contribution in [0.3, 0.4) is 0 Å². The van der Waals surface area contributed by atoms with Crippen molar-refractivity contribution in [3.05, 3.63) is 35.9 Å². The van der Waals surface area contributed by atoms with Gasteiger partial charge in [0.15, 0.2) is 0 Å². The molecule has 0 aliphatic carbocycles. The molecule has 0 aliphatic heterocycles. The minimum atomic E-state index is -2.70. The van der Waals surface area contributed by atoms with Crippen molar-refractivity contribution in [2.75, 3.05) is 21.3 Å². The Morgan fingerprint density at radius 2 is 1.61 bits per heavy atom. The topological polar surface area (TPSA) is 73.9 Å². The van der Waals surface area contributed by atoms with Crippen LogP contribution in [-0.2, 0) is 19.0 Å². The first-order chi connectivity index (χ1) is 8.49. The molecule has 0 saturated carbocycles.